The van der Waals surface area contributed by atoms with Crippen molar-refractivity contribution < 1.29 is 14.8 Å². The number of nitrogens with zero attached hydrogens (tertiary/aromatic N) is 6. The third-order valence-corrected chi connectivity index (χ3v) is 5.32. The van der Waals surface area contributed by atoms with Gasteiger partial charge in [-0.05, 0) is 11.6 Å². The van der Waals surface area contributed by atoms with Gasteiger partial charge in [-0.15, -0.1) is 0 Å². The van der Waals surface area contributed by atoms with Crippen LogP contribution in [-0.2, 0) is 11.3 Å². The number of nitro groups is 1. The number of ether oxygens (including phenoxy) is 1. The van der Waals surface area contributed by atoms with Gasteiger partial charge >= 0.3 is 5.69 Å². The molecule has 0 unspecified atom stereocenters. The second kappa shape index (κ2) is 10.9. The zero-order valence-corrected chi connectivity index (χ0v) is 19.5. The van der Waals surface area contributed by atoms with Crippen molar-refractivity contribution in [2.45, 2.75) is 6.54 Å². The Labute approximate surface area is 203 Å². The molecule has 1 saturated heterocycles. The van der Waals surface area contributed by atoms with Gasteiger partial charge in [0.05, 0.1) is 24.4 Å². The third-order valence-electron chi connectivity index (χ3n) is 4.86. The average molecular weight is 529 g/mol. The first-order chi connectivity index (χ1) is 16.5. The number of phenols is 1. The van der Waals surface area contributed by atoms with E-state index >= 15 is 0 Å². The van der Waals surface area contributed by atoms with Crippen LogP contribution in [-0.4, -0.2) is 57.5 Å². The molecule has 2 aromatic carbocycles. The molecule has 1 aromatic heterocycles. The number of hydrogen-bond acceptors (Lipinski definition) is 11. The standard InChI is InChI=1S/C21H21BrN8O4/c22-16-10-15(18(31)17(11-16)30(32)33)13-24-28-20-25-19(23-12-14-4-2-1-3-5-14)26-21(27-20)29-6-8-34-9-7-29/h1-5,10-11,13,31H,6-9,12H2,(H2,23,25,26,27,28)/b24-13-. The van der Waals surface area contributed by atoms with E-state index in [4.69, 9.17) is 4.74 Å². The second-order valence-corrected chi connectivity index (χ2v) is 8.13. The summed E-state index contributed by atoms with van der Waals surface area (Å²) < 4.78 is 5.84. The molecule has 13 heteroatoms. The van der Waals surface area contributed by atoms with E-state index in [1.54, 1.807) is 0 Å². The van der Waals surface area contributed by atoms with Crippen molar-refractivity contribution in [1.29, 1.82) is 0 Å². The van der Waals surface area contributed by atoms with Crippen LogP contribution < -0.4 is 15.6 Å². The number of phenolic OH excluding ortho intramolecular Hbond substituents is 1. The van der Waals surface area contributed by atoms with E-state index in [1.165, 1.54) is 18.3 Å². The maximum atomic E-state index is 11.1. The monoisotopic (exact) mass is 528 g/mol. The number of aromatic hydroxyl groups is 1. The Morgan fingerprint density at radius 2 is 1.91 bits per heavy atom. The smallest absolute Gasteiger partial charge is 0.312 e. The number of hydrogen-bond donors (Lipinski definition) is 3. The van der Waals surface area contributed by atoms with Crippen LogP contribution in [0.15, 0.2) is 52.0 Å². The molecule has 0 saturated carbocycles. The molecular formula is C21H21BrN8O4. The number of halogens is 1. The van der Waals surface area contributed by atoms with E-state index in [0.29, 0.717) is 49.2 Å². The Balaban J connectivity index is 1.56. The SMILES string of the molecule is O=[N+]([O-])c1cc(Br)cc(/C=N\Nc2nc(NCc3ccccc3)nc(N3CCOCC3)n2)c1O. The minimum Gasteiger partial charge on any atom is -0.502 e. The number of nitro benzene ring substituents is 1. The van der Waals surface area contributed by atoms with Crippen molar-refractivity contribution in [1.82, 2.24) is 15.0 Å². The quantitative estimate of drug-likeness (QED) is 0.226. The first-order valence-corrected chi connectivity index (χ1v) is 11.1. The number of nitrogens with one attached hydrogen (secondary N) is 2. The largest absolute Gasteiger partial charge is 0.502 e. The summed E-state index contributed by atoms with van der Waals surface area (Å²) in [5, 5.41) is 28.5. The predicted molar refractivity (Wildman–Crippen MR) is 130 cm³/mol. The number of benzene rings is 2. The molecule has 0 amide bonds. The summed E-state index contributed by atoms with van der Waals surface area (Å²) in [6.07, 6.45) is 1.25. The lowest BCUT2D eigenvalue weighted by atomic mass is 10.2. The molecule has 1 fully saturated rings. The molecule has 176 valence electrons. The zero-order chi connectivity index (χ0) is 23.9. The van der Waals surface area contributed by atoms with Crippen LogP contribution in [0.25, 0.3) is 0 Å². The molecular weight excluding hydrogens is 508 g/mol. The molecule has 0 spiro atoms. The number of hydrazone groups is 1. The first-order valence-electron chi connectivity index (χ1n) is 10.3. The fraction of sp³-hybridized carbons (Fsp3) is 0.238. The summed E-state index contributed by atoms with van der Waals surface area (Å²) in [6, 6.07) is 12.5. The lowest BCUT2D eigenvalue weighted by Gasteiger charge is -2.27. The van der Waals surface area contributed by atoms with Gasteiger partial charge in [0.2, 0.25) is 23.6 Å². The molecule has 3 aromatic rings. The fourth-order valence-electron chi connectivity index (χ4n) is 3.18. The Bertz CT molecular complexity index is 1190. The van der Waals surface area contributed by atoms with E-state index in [1.807, 2.05) is 35.2 Å². The average Bonchev–Trinajstić information content (AvgIpc) is 2.85. The summed E-state index contributed by atoms with van der Waals surface area (Å²) in [6.45, 7) is 2.94. The van der Waals surface area contributed by atoms with Gasteiger partial charge in [-0.2, -0.15) is 20.1 Å². The van der Waals surface area contributed by atoms with Crippen molar-refractivity contribution in [3.63, 3.8) is 0 Å². The van der Waals surface area contributed by atoms with Crippen LogP contribution in [0.1, 0.15) is 11.1 Å². The van der Waals surface area contributed by atoms with Crippen molar-refractivity contribution >= 4 is 45.7 Å². The van der Waals surface area contributed by atoms with E-state index in [0.717, 1.165) is 5.56 Å². The molecule has 0 aliphatic carbocycles. The van der Waals surface area contributed by atoms with Crippen LogP contribution in [0.4, 0.5) is 23.5 Å². The van der Waals surface area contributed by atoms with Gasteiger partial charge in [0, 0.05) is 35.7 Å². The topological polar surface area (TPSA) is 151 Å². The van der Waals surface area contributed by atoms with Crippen molar-refractivity contribution in [3.8, 4) is 5.75 Å². The first kappa shape index (κ1) is 23.3. The van der Waals surface area contributed by atoms with Crippen LogP contribution in [0.5, 0.6) is 5.75 Å². The molecule has 1 aliphatic rings. The summed E-state index contributed by atoms with van der Waals surface area (Å²) in [7, 11) is 0. The highest BCUT2D eigenvalue weighted by Crippen LogP contribution is 2.32. The third kappa shape index (κ3) is 5.94. The summed E-state index contributed by atoms with van der Waals surface area (Å²) >= 11 is 3.20. The molecule has 0 bridgehead atoms. The molecule has 12 nitrogen and oxygen atoms in total. The summed E-state index contributed by atoms with van der Waals surface area (Å²) in [5.74, 6) is 0.507. The molecule has 0 atom stereocenters. The van der Waals surface area contributed by atoms with Gasteiger partial charge in [-0.25, -0.2) is 5.43 Å². The maximum Gasteiger partial charge on any atom is 0.312 e. The van der Waals surface area contributed by atoms with Gasteiger partial charge in [0.15, 0.2) is 0 Å². The lowest BCUT2D eigenvalue weighted by molar-refractivity contribution is -0.385. The molecule has 0 radical (unpaired) electrons. The Hall–Kier alpha value is -3.84. The normalized spacial score (nSPS) is 13.7. The van der Waals surface area contributed by atoms with Gasteiger partial charge in [0.25, 0.3) is 0 Å². The van der Waals surface area contributed by atoms with E-state index in [9.17, 15) is 15.2 Å². The maximum absolute atomic E-state index is 11.1. The number of morpholine rings is 1. The lowest BCUT2D eigenvalue weighted by Crippen LogP contribution is -2.37. The minimum atomic E-state index is -0.671. The van der Waals surface area contributed by atoms with Crippen LogP contribution >= 0.6 is 15.9 Å². The molecule has 34 heavy (non-hydrogen) atoms. The van der Waals surface area contributed by atoms with E-state index in [-0.39, 0.29) is 11.5 Å². The van der Waals surface area contributed by atoms with Crippen LogP contribution in [0.2, 0.25) is 0 Å². The number of anilines is 3. The second-order valence-electron chi connectivity index (χ2n) is 7.21. The minimum absolute atomic E-state index is 0.151. The predicted octanol–water partition coefficient (Wildman–Crippen LogP) is 3.14. The summed E-state index contributed by atoms with van der Waals surface area (Å²) in [4.78, 5) is 25.8. The number of aromatic nitrogens is 3. The molecule has 1 aliphatic heterocycles. The highest BCUT2D eigenvalue weighted by molar-refractivity contribution is 9.10. The van der Waals surface area contributed by atoms with Crippen molar-refractivity contribution in [2.75, 3.05) is 41.9 Å². The van der Waals surface area contributed by atoms with Crippen molar-refractivity contribution in [3.05, 3.63) is 68.2 Å². The van der Waals surface area contributed by atoms with Gasteiger partial charge in [0.1, 0.15) is 0 Å². The zero-order valence-electron chi connectivity index (χ0n) is 17.9. The molecule has 2 heterocycles. The fourth-order valence-corrected chi connectivity index (χ4v) is 3.64. The molecule has 3 N–H and O–H groups in total. The van der Waals surface area contributed by atoms with Crippen LogP contribution in [0.3, 0.4) is 0 Å². The number of rotatable bonds is 8. The van der Waals surface area contributed by atoms with E-state index < -0.39 is 16.4 Å². The van der Waals surface area contributed by atoms with Gasteiger partial charge in [-0.3, -0.25) is 10.1 Å². The van der Waals surface area contributed by atoms with Crippen LogP contribution in [0, 0.1) is 10.1 Å². The Morgan fingerprint density at radius 3 is 2.65 bits per heavy atom. The Morgan fingerprint density at radius 1 is 1.18 bits per heavy atom. The highest BCUT2D eigenvalue weighted by Gasteiger charge is 2.18. The van der Waals surface area contributed by atoms with E-state index in [2.05, 4.69) is 46.7 Å². The van der Waals surface area contributed by atoms with Gasteiger partial charge < -0.3 is 20.1 Å². The van der Waals surface area contributed by atoms with Crippen molar-refractivity contribution in [2.24, 2.45) is 5.10 Å². The molecule has 4 rings (SSSR count). The summed E-state index contributed by atoms with van der Waals surface area (Å²) in [5.41, 5.74) is 3.50. The van der Waals surface area contributed by atoms with Gasteiger partial charge in [-0.1, -0.05) is 46.3 Å². The Kier molecular flexibility index (Phi) is 7.44. The highest BCUT2D eigenvalue weighted by atomic mass is 79.9.